The van der Waals surface area contributed by atoms with Gasteiger partial charge in [0.1, 0.15) is 0 Å². The molecule has 1 nitrogen and oxygen atoms in total. The molecule has 0 aliphatic carbocycles. The third kappa shape index (κ3) is 7.27. The highest BCUT2D eigenvalue weighted by molar-refractivity contribution is 4.68. The second-order valence-electron chi connectivity index (χ2n) is 5.66. The van der Waals surface area contributed by atoms with Crippen molar-refractivity contribution in [3.63, 3.8) is 0 Å². The lowest BCUT2D eigenvalue weighted by Gasteiger charge is -2.23. The van der Waals surface area contributed by atoms with Crippen molar-refractivity contribution < 1.29 is 5.11 Å². The van der Waals surface area contributed by atoms with Gasteiger partial charge in [0.05, 0.1) is 6.10 Å². The van der Waals surface area contributed by atoms with Crippen LogP contribution in [0.1, 0.15) is 73.1 Å². The maximum absolute atomic E-state index is 10.0. The van der Waals surface area contributed by atoms with Crippen LogP contribution in [0.2, 0.25) is 0 Å². The Balaban J connectivity index is 3.91. The molecule has 4 unspecified atom stereocenters. The summed E-state index contributed by atoms with van der Waals surface area (Å²) >= 11 is 0. The second kappa shape index (κ2) is 9.04. The van der Waals surface area contributed by atoms with Gasteiger partial charge in [0.15, 0.2) is 0 Å². The van der Waals surface area contributed by atoms with Gasteiger partial charge in [-0.3, -0.25) is 0 Å². The molecule has 0 rings (SSSR count). The fourth-order valence-corrected chi connectivity index (χ4v) is 2.28. The zero-order valence-corrected chi connectivity index (χ0v) is 12.0. The van der Waals surface area contributed by atoms with Gasteiger partial charge in [-0.15, -0.1) is 0 Å². The highest BCUT2D eigenvalue weighted by atomic mass is 16.3. The maximum Gasteiger partial charge on any atom is 0.0545 e. The molecule has 16 heavy (non-hydrogen) atoms. The van der Waals surface area contributed by atoms with Crippen molar-refractivity contribution in [3.05, 3.63) is 0 Å². The number of aliphatic hydroxyl groups is 1. The molecule has 0 amide bonds. The van der Waals surface area contributed by atoms with Gasteiger partial charge in [-0.1, -0.05) is 53.9 Å². The van der Waals surface area contributed by atoms with E-state index in [1.807, 2.05) is 0 Å². The van der Waals surface area contributed by atoms with Crippen molar-refractivity contribution in [2.75, 3.05) is 0 Å². The summed E-state index contributed by atoms with van der Waals surface area (Å²) in [6.45, 7) is 11.3. The Morgan fingerprint density at radius 1 is 0.750 bits per heavy atom. The van der Waals surface area contributed by atoms with Crippen molar-refractivity contribution in [1.29, 1.82) is 0 Å². The van der Waals surface area contributed by atoms with Crippen LogP contribution in [0.25, 0.3) is 0 Å². The summed E-state index contributed by atoms with van der Waals surface area (Å²) < 4.78 is 0. The lowest BCUT2D eigenvalue weighted by molar-refractivity contribution is 0.109. The molecule has 0 aliphatic rings. The zero-order valence-electron chi connectivity index (χ0n) is 12.0. The van der Waals surface area contributed by atoms with E-state index in [-0.39, 0.29) is 6.10 Å². The van der Waals surface area contributed by atoms with Crippen molar-refractivity contribution >= 4 is 0 Å². The van der Waals surface area contributed by atoms with E-state index in [1.54, 1.807) is 0 Å². The van der Waals surface area contributed by atoms with Gasteiger partial charge in [-0.05, 0) is 37.0 Å². The first-order valence-corrected chi connectivity index (χ1v) is 7.21. The molecule has 0 aromatic carbocycles. The van der Waals surface area contributed by atoms with E-state index in [1.165, 1.54) is 25.7 Å². The average molecular weight is 228 g/mol. The topological polar surface area (TPSA) is 20.2 Å². The maximum atomic E-state index is 10.0. The fourth-order valence-electron chi connectivity index (χ4n) is 2.28. The van der Waals surface area contributed by atoms with E-state index in [0.717, 1.165) is 18.8 Å². The van der Waals surface area contributed by atoms with Crippen LogP contribution in [-0.2, 0) is 0 Å². The first-order valence-electron chi connectivity index (χ1n) is 7.21. The first kappa shape index (κ1) is 16.0. The molecule has 0 aliphatic heterocycles. The van der Waals surface area contributed by atoms with Crippen molar-refractivity contribution in [2.45, 2.75) is 79.2 Å². The normalized spacial score (nSPS) is 19.1. The Kier molecular flexibility index (Phi) is 9.02. The van der Waals surface area contributed by atoms with Crippen LogP contribution in [0, 0.1) is 17.8 Å². The van der Waals surface area contributed by atoms with E-state index in [9.17, 15) is 5.11 Å². The third-order valence-corrected chi connectivity index (χ3v) is 3.99. The van der Waals surface area contributed by atoms with E-state index in [2.05, 4.69) is 34.6 Å². The van der Waals surface area contributed by atoms with Gasteiger partial charge < -0.3 is 5.11 Å². The van der Waals surface area contributed by atoms with Gasteiger partial charge in [0, 0.05) is 0 Å². The molecule has 0 heterocycles. The summed E-state index contributed by atoms with van der Waals surface area (Å²) in [6.07, 6.45) is 6.84. The van der Waals surface area contributed by atoms with E-state index >= 15 is 0 Å². The van der Waals surface area contributed by atoms with Crippen molar-refractivity contribution in [2.24, 2.45) is 17.8 Å². The molecule has 4 atom stereocenters. The molecule has 1 heteroatoms. The Morgan fingerprint density at radius 2 is 1.25 bits per heavy atom. The lowest BCUT2D eigenvalue weighted by Crippen LogP contribution is -2.17. The summed E-state index contributed by atoms with van der Waals surface area (Å²) in [7, 11) is 0. The standard InChI is InChI=1S/C15H32O/c1-6-12(4)9-14(8-3)11-15(16)10-13(5)7-2/h12-16H,6-11H2,1-5H3. The second-order valence-corrected chi connectivity index (χ2v) is 5.66. The van der Waals surface area contributed by atoms with E-state index in [4.69, 9.17) is 0 Å². The van der Waals surface area contributed by atoms with Gasteiger partial charge >= 0.3 is 0 Å². The van der Waals surface area contributed by atoms with Gasteiger partial charge in [0.2, 0.25) is 0 Å². The number of aliphatic hydroxyl groups excluding tert-OH is 1. The Bertz CT molecular complexity index is 156. The van der Waals surface area contributed by atoms with Gasteiger partial charge in [-0.2, -0.15) is 0 Å². The fraction of sp³-hybridized carbons (Fsp3) is 1.00. The summed E-state index contributed by atoms with van der Waals surface area (Å²) in [5, 5.41) is 10.0. The molecular weight excluding hydrogens is 196 g/mol. The molecule has 0 aromatic rings. The van der Waals surface area contributed by atoms with Gasteiger partial charge in [0.25, 0.3) is 0 Å². The smallest absolute Gasteiger partial charge is 0.0545 e. The van der Waals surface area contributed by atoms with Crippen LogP contribution in [0.3, 0.4) is 0 Å². The minimum Gasteiger partial charge on any atom is -0.393 e. The largest absolute Gasteiger partial charge is 0.393 e. The van der Waals surface area contributed by atoms with Gasteiger partial charge in [-0.25, -0.2) is 0 Å². The first-order chi connectivity index (χ1) is 7.53. The third-order valence-electron chi connectivity index (χ3n) is 3.99. The SMILES string of the molecule is CCC(C)CC(O)CC(CC)CC(C)CC. The van der Waals surface area contributed by atoms with Crippen LogP contribution in [0.4, 0.5) is 0 Å². The molecule has 0 bridgehead atoms. The quantitative estimate of drug-likeness (QED) is 0.609. The highest BCUT2D eigenvalue weighted by Gasteiger charge is 2.16. The lowest BCUT2D eigenvalue weighted by atomic mass is 9.86. The predicted octanol–water partition coefficient (Wildman–Crippen LogP) is 4.64. The molecule has 98 valence electrons. The molecule has 1 N–H and O–H groups in total. The summed E-state index contributed by atoms with van der Waals surface area (Å²) in [5.74, 6) is 2.19. The van der Waals surface area contributed by atoms with Crippen LogP contribution < -0.4 is 0 Å². The number of hydrogen-bond donors (Lipinski definition) is 1. The molecule has 0 aromatic heterocycles. The molecule has 0 spiro atoms. The predicted molar refractivity (Wildman–Crippen MR) is 72.5 cm³/mol. The summed E-state index contributed by atoms with van der Waals surface area (Å²) in [6, 6.07) is 0. The zero-order chi connectivity index (χ0) is 12.6. The van der Waals surface area contributed by atoms with E-state index < -0.39 is 0 Å². The molecule has 0 saturated carbocycles. The number of hydrogen-bond acceptors (Lipinski definition) is 1. The monoisotopic (exact) mass is 228 g/mol. The van der Waals surface area contributed by atoms with Crippen LogP contribution in [-0.4, -0.2) is 11.2 Å². The minimum atomic E-state index is -0.0797. The van der Waals surface area contributed by atoms with Crippen LogP contribution >= 0.6 is 0 Å². The molecular formula is C15H32O. The van der Waals surface area contributed by atoms with Crippen molar-refractivity contribution in [3.8, 4) is 0 Å². The molecule has 0 radical (unpaired) electrons. The highest BCUT2D eigenvalue weighted by Crippen LogP contribution is 2.24. The van der Waals surface area contributed by atoms with Crippen LogP contribution in [0.15, 0.2) is 0 Å². The van der Waals surface area contributed by atoms with Crippen molar-refractivity contribution in [1.82, 2.24) is 0 Å². The van der Waals surface area contributed by atoms with E-state index in [0.29, 0.717) is 11.8 Å². The molecule has 0 fully saturated rings. The van der Waals surface area contributed by atoms with Crippen LogP contribution in [0.5, 0.6) is 0 Å². The molecule has 0 saturated heterocycles. The minimum absolute atomic E-state index is 0.0797. The summed E-state index contributed by atoms with van der Waals surface area (Å²) in [5.41, 5.74) is 0. The number of rotatable bonds is 9. The Morgan fingerprint density at radius 3 is 1.69 bits per heavy atom. The summed E-state index contributed by atoms with van der Waals surface area (Å²) in [4.78, 5) is 0. The Hall–Kier alpha value is -0.0400. The Labute approximate surface area is 103 Å². The average Bonchev–Trinajstić information content (AvgIpc) is 2.27.